The highest BCUT2D eigenvalue weighted by molar-refractivity contribution is 5.95. The van der Waals surface area contributed by atoms with Gasteiger partial charge < -0.3 is 14.2 Å². The Morgan fingerprint density at radius 2 is 1.88 bits per heavy atom. The van der Waals surface area contributed by atoms with Crippen LogP contribution in [-0.2, 0) is 22.5 Å². The number of hydrogen-bond donors (Lipinski definition) is 0. The lowest BCUT2D eigenvalue weighted by atomic mass is 9.96. The maximum atomic E-state index is 12.8. The lowest BCUT2D eigenvalue weighted by Gasteiger charge is -2.31. The van der Waals surface area contributed by atoms with Crippen LogP contribution in [0, 0.1) is 5.92 Å². The largest absolute Gasteiger partial charge is 0.463 e. The highest BCUT2D eigenvalue weighted by Gasteiger charge is 2.31. The fraction of sp³-hybridized carbons (Fsp3) is 0.611. The van der Waals surface area contributed by atoms with Gasteiger partial charge in [0.25, 0.3) is 11.5 Å². The van der Waals surface area contributed by atoms with E-state index in [-0.39, 0.29) is 29.5 Å². The summed E-state index contributed by atoms with van der Waals surface area (Å²) in [7, 11) is 0. The van der Waals surface area contributed by atoms with E-state index in [1.54, 1.807) is 15.5 Å². The fourth-order valence-corrected chi connectivity index (χ4v) is 3.55. The summed E-state index contributed by atoms with van der Waals surface area (Å²) in [4.78, 5) is 38.4. The number of amides is 1. The number of nitrogens with zero attached hydrogens (tertiary/aromatic N) is 2. The summed E-state index contributed by atoms with van der Waals surface area (Å²) < 4.78 is 6.97. The summed E-state index contributed by atoms with van der Waals surface area (Å²) in [6.07, 6.45) is 2.83. The average Bonchev–Trinajstić information content (AvgIpc) is 3.05. The summed E-state index contributed by atoms with van der Waals surface area (Å²) in [5.74, 6) is -0.318. The minimum Gasteiger partial charge on any atom is -0.463 e. The molecule has 0 radical (unpaired) electrons. The first-order valence-electron chi connectivity index (χ1n) is 8.70. The van der Waals surface area contributed by atoms with E-state index in [2.05, 4.69) is 0 Å². The van der Waals surface area contributed by atoms with Crippen LogP contribution in [0.4, 0.5) is 0 Å². The number of fused-ring (bicyclic) bond motifs is 1. The quantitative estimate of drug-likeness (QED) is 0.789. The lowest BCUT2D eigenvalue weighted by molar-refractivity contribution is -0.153. The molecule has 6 heteroatoms. The topological polar surface area (TPSA) is 68.6 Å². The second kappa shape index (κ2) is 6.79. The number of rotatable bonds is 3. The molecule has 0 N–H and O–H groups in total. The van der Waals surface area contributed by atoms with Crippen molar-refractivity contribution < 1.29 is 14.3 Å². The summed E-state index contributed by atoms with van der Waals surface area (Å²) in [5.41, 5.74) is 1.46. The predicted molar refractivity (Wildman–Crippen MR) is 88.9 cm³/mol. The zero-order valence-electron chi connectivity index (χ0n) is 14.3. The number of carbonyl (C=O) groups excluding carboxylic acids is 2. The van der Waals surface area contributed by atoms with Gasteiger partial charge in [-0.05, 0) is 45.6 Å². The highest BCUT2D eigenvalue weighted by atomic mass is 16.5. The summed E-state index contributed by atoms with van der Waals surface area (Å²) in [6.45, 7) is 5.48. The molecule has 0 spiro atoms. The van der Waals surface area contributed by atoms with Crippen LogP contribution in [0.3, 0.4) is 0 Å². The molecule has 2 aliphatic heterocycles. The van der Waals surface area contributed by atoms with E-state index in [4.69, 9.17) is 4.74 Å². The first kappa shape index (κ1) is 16.7. The zero-order chi connectivity index (χ0) is 17.3. The number of aromatic nitrogens is 1. The molecule has 1 fully saturated rings. The van der Waals surface area contributed by atoms with Crippen LogP contribution in [0.2, 0.25) is 0 Å². The Kier molecular flexibility index (Phi) is 4.73. The molecular weight excluding hydrogens is 308 g/mol. The van der Waals surface area contributed by atoms with Crippen LogP contribution in [0.25, 0.3) is 0 Å². The van der Waals surface area contributed by atoms with E-state index in [9.17, 15) is 14.4 Å². The van der Waals surface area contributed by atoms with E-state index in [1.165, 1.54) is 6.07 Å². The molecule has 0 saturated carbocycles. The van der Waals surface area contributed by atoms with Crippen molar-refractivity contribution in [3.63, 3.8) is 0 Å². The average molecular weight is 332 g/mol. The molecule has 0 bridgehead atoms. The number of pyridine rings is 1. The molecule has 2 aliphatic rings. The van der Waals surface area contributed by atoms with E-state index in [1.807, 2.05) is 13.8 Å². The number of likely N-dealkylation sites (tertiary alicyclic amines) is 1. The van der Waals surface area contributed by atoms with Crippen molar-refractivity contribution in [1.29, 1.82) is 0 Å². The number of piperidine rings is 1. The van der Waals surface area contributed by atoms with Crippen LogP contribution < -0.4 is 5.56 Å². The van der Waals surface area contributed by atoms with Gasteiger partial charge in [-0.2, -0.15) is 0 Å². The molecule has 1 amide bonds. The first-order valence-corrected chi connectivity index (χ1v) is 8.70. The molecule has 1 aromatic rings. The summed E-state index contributed by atoms with van der Waals surface area (Å²) in [6, 6.07) is 3.13. The SMILES string of the molecule is CC(C)OC(=O)C1CCN(C(=O)c2ccc(=O)n3c2CCC3)CC1. The van der Waals surface area contributed by atoms with Crippen molar-refractivity contribution in [1.82, 2.24) is 9.47 Å². The summed E-state index contributed by atoms with van der Waals surface area (Å²) >= 11 is 0. The molecule has 3 heterocycles. The molecule has 3 rings (SSSR count). The van der Waals surface area contributed by atoms with Crippen molar-refractivity contribution in [2.24, 2.45) is 5.92 Å². The molecule has 0 atom stereocenters. The third-order valence-corrected chi connectivity index (χ3v) is 4.79. The van der Waals surface area contributed by atoms with Crippen LogP contribution in [0.5, 0.6) is 0 Å². The molecule has 130 valence electrons. The minimum atomic E-state index is -0.163. The normalized spacial score (nSPS) is 17.9. The number of hydrogen-bond acceptors (Lipinski definition) is 4. The van der Waals surface area contributed by atoms with E-state index < -0.39 is 0 Å². The van der Waals surface area contributed by atoms with Gasteiger partial charge in [0.2, 0.25) is 0 Å². The lowest BCUT2D eigenvalue weighted by Crippen LogP contribution is -2.41. The second-order valence-electron chi connectivity index (χ2n) is 6.84. The smallest absolute Gasteiger partial charge is 0.309 e. The monoisotopic (exact) mass is 332 g/mol. The number of ether oxygens (including phenoxy) is 1. The predicted octanol–water partition coefficient (Wildman–Crippen LogP) is 1.60. The van der Waals surface area contributed by atoms with Gasteiger partial charge in [-0.3, -0.25) is 14.4 Å². The third kappa shape index (κ3) is 3.23. The molecule has 6 nitrogen and oxygen atoms in total. The number of esters is 1. The van der Waals surface area contributed by atoms with Gasteiger partial charge >= 0.3 is 5.97 Å². The van der Waals surface area contributed by atoms with Crippen molar-refractivity contribution in [2.75, 3.05) is 13.1 Å². The Balaban J connectivity index is 1.67. The maximum absolute atomic E-state index is 12.8. The van der Waals surface area contributed by atoms with Crippen molar-refractivity contribution in [3.8, 4) is 0 Å². The van der Waals surface area contributed by atoms with Crippen molar-refractivity contribution in [2.45, 2.75) is 52.2 Å². The fourth-order valence-electron chi connectivity index (χ4n) is 3.55. The molecular formula is C18H24N2O4. The van der Waals surface area contributed by atoms with Crippen molar-refractivity contribution in [3.05, 3.63) is 33.7 Å². The molecule has 0 unspecified atom stereocenters. The maximum Gasteiger partial charge on any atom is 0.309 e. The highest BCUT2D eigenvalue weighted by Crippen LogP contribution is 2.23. The Morgan fingerprint density at radius 1 is 1.17 bits per heavy atom. The Hall–Kier alpha value is -2.11. The molecule has 0 aliphatic carbocycles. The van der Waals surface area contributed by atoms with Gasteiger partial charge in [-0.25, -0.2) is 0 Å². The standard InChI is InChI=1S/C18H24N2O4/c1-12(2)24-18(23)13-7-10-19(11-8-13)17(22)14-5-6-16(21)20-9-3-4-15(14)20/h5-6,12-13H,3-4,7-11H2,1-2H3. The van der Waals surface area contributed by atoms with Gasteiger partial charge in [0.05, 0.1) is 17.6 Å². The molecule has 1 aromatic heterocycles. The summed E-state index contributed by atoms with van der Waals surface area (Å²) in [5, 5.41) is 0. The van der Waals surface area contributed by atoms with Crippen molar-refractivity contribution >= 4 is 11.9 Å². The Morgan fingerprint density at radius 3 is 2.54 bits per heavy atom. The second-order valence-corrected chi connectivity index (χ2v) is 6.84. The van der Waals surface area contributed by atoms with Gasteiger partial charge in [0.15, 0.2) is 0 Å². The van der Waals surface area contributed by atoms with Crippen LogP contribution in [0.1, 0.15) is 49.2 Å². The molecule has 0 aromatic carbocycles. The van der Waals surface area contributed by atoms with Gasteiger partial charge in [0.1, 0.15) is 0 Å². The van der Waals surface area contributed by atoms with E-state index in [0.717, 1.165) is 18.5 Å². The number of carbonyl (C=O) groups is 2. The van der Waals surface area contributed by atoms with Gasteiger partial charge in [-0.15, -0.1) is 0 Å². The van der Waals surface area contributed by atoms with Gasteiger partial charge in [0, 0.05) is 31.4 Å². The Labute approximate surface area is 141 Å². The zero-order valence-corrected chi connectivity index (χ0v) is 14.3. The van der Waals surface area contributed by atoms with E-state index in [0.29, 0.717) is 38.0 Å². The molecule has 24 heavy (non-hydrogen) atoms. The van der Waals surface area contributed by atoms with Crippen LogP contribution >= 0.6 is 0 Å². The third-order valence-electron chi connectivity index (χ3n) is 4.79. The Bertz CT molecular complexity index is 699. The van der Waals surface area contributed by atoms with Gasteiger partial charge in [-0.1, -0.05) is 0 Å². The van der Waals surface area contributed by atoms with Crippen LogP contribution in [0.15, 0.2) is 16.9 Å². The molecule has 1 saturated heterocycles. The van der Waals surface area contributed by atoms with Crippen LogP contribution in [-0.4, -0.2) is 40.5 Å². The first-order chi connectivity index (χ1) is 11.5. The minimum absolute atomic E-state index is 0.0312. The van der Waals surface area contributed by atoms with E-state index >= 15 is 0 Å².